The zero-order valence-electron chi connectivity index (χ0n) is 30.7. The van der Waals surface area contributed by atoms with Crippen LogP contribution in [0.1, 0.15) is 0 Å². The number of rotatable bonds is 6. The van der Waals surface area contributed by atoms with Crippen LogP contribution in [0.3, 0.4) is 0 Å². The molecule has 0 aliphatic rings. The molecule has 0 aliphatic heterocycles. The number of aromatic nitrogens is 2. The second-order valence-corrected chi connectivity index (χ2v) is 14.5. The van der Waals surface area contributed by atoms with E-state index in [1.54, 1.807) is 0 Å². The van der Waals surface area contributed by atoms with Gasteiger partial charge in [0.25, 0.3) is 0 Å². The van der Waals surface area contributed by atoms with Gasteiger partial charge in [0.2, 0.25) is 0 Å². The molecule has 0 bridgehead atoms. The summed E-state index contributed by atoms with van der Waals surface area (Å²) in [7, 11) is 0. The summed E-state index contributed by atoms with van der Waals surface area (Å²) in [4.78, 5) is 0. The van der Waals surface area contributed by atoms with Crippen molar-refractivity contribution in [3.8, 4) is 55.9 Å². The standard InChI is InChI=1S/C54H36N2/c1-3-13-37(14-4-1)39-25-27-40(28-26-39)44-19-12-20-46(36-44)56-50-24-10-8-22-48(50)54-52(56)34-33-51-53(54)47-21-7-9-23-49(47)55(51)45-31-29-41(30-32-45)43-18-11-17-42(35-43)38-15-5-2-6-16-38/h1-36H. The van der Waals surface area contributed by atoms with Crippen LogP contribution in [0.4, 0.5) is 0 Å². The summed E-state index contributed by atoms with van der Waals surface area (Å²) in [6, 6.07) is 79.3. The number of benzene rings is 9. The Bertz CT molecular complexity index is 3200. The van der Waals surface area contributed by atoms with Crippen molar-refractivity contribution in [2.45, 2.75) is 0 Å². The average molecular weight is 713 g/mol. The third-order valence-electron chi connectivity index (χ3n) is 11.3. The van der Waals surface area contributed by atoms with E-state index in [1.807, 2.05) is 0 Å². The molecule has 2 heteroatoms. The minimum Gasteiger partial charge on any atom is -0.309 e. The zero-order chi connectivity index (χ0) is 37.0. The first-order chi connectivity index (χ1) is 27.8. The highest BCUT2D eigenvalue weighted by Crippen LogP contribution is 2.43. The first-order valence-corrected chi connectivity index (χ1v) is 19.3. The van der Waals surface area contributed by atoms with Gasteiger partial charge in [-0.3, -0.25) is 0 Å². The smallest absolute Gasteiger partial charge is 0.0548 e. The second-order valence-electron chi connectivity index (χ2n) is 14.5. The van der Waals surface area contributed by atoms with Crippen molar-refractivity contribution in [2.75, 3.05) is 0 Å². The van der Waals surface area contributed by atoms with Gasteiger partial charge < -0.3 is 9.13 Å². The Morgan fingerprint density at radius 1 is 0.214 bits per heavy atom. The maximum atomic E-state index is 2.44. The highest BCUT2D eigenvalue weighted by Gasteiger charge is 2.20. The summed E-state index contributed by atoms with van der Waals surface area (Å²) in [6.45, 7) is 0. The normalized spacial score (nSPS) is 11.6. The summed E-state index contributed by atoms with van der Waals surface area (Å²) in [5, 5.41) is 5.06. The molecule has 2 heterocycles. The molecule has 9 aromatic carbocycles. The molecule has 0 unspecified atom stereocenters. The Kier molecular flexibility index (Phi) is 7.53. The van der Waals surface area contributed by atoms with Crippen molar-refractivity contribution in [1.82, 2.24) is 9.13 Å². The largest absolute Gasteiger partial charge is 0.309 e. The van der Waals surface area contributed by atoms with Crippen molar-refractivity contribution in [3.05, 3.63) is 218 Å². The van der Waals surface area contributed by atoms with E-state index in [4.69, 9.17) is 0 Å². The molecule has 56 heavy (non-hydrogen) atoms. The van der Waals surface area contributed by atoms with Gasteiger partial charge in [0.05, 0.1) is 22.1 Å². The fraction of sp³-hybridized carbons (Fsp3) is 0. The first-order valence-electron chi connectivity index (χ1n) is 19.3. The lowest BCUT2D eigenvalue weighted by Gasteiger charge is -2.12. The molecule has 2 aromatic heterocycles. The Hall–Kier alpha value is -7.42. The van der Waals surface area contributed by atoms with Gasteiger partial charge in [-0.25, -0.2) is 0 Å². The summed E-state index contributed by atoms with van der Waals surface area (Å²) in [5.41, 5.74) is 16.8. The highest BCUT2D eigenvalue weighted by molar-refractivity contribution is 6.28. The molecule has 0 saturated carbocycles. The molecule has 0 aliphatic carbocycles. The molecule has 0 fully saturated rings. The summed E-state index contributed by atoms with van der Waals surface area (Å²) >= 11 is 0. The Morgan fingerprint density at radius 2 is 0.589 bits per heavy atom. The zero-order valence-corrected chi connectivity index (χ0v) is 30.7. The van der Waals surface area contributed by atoms with Gasteiger partial charge in [-0.2, -0.15) is 0 Å². The maximum absolute atomic E-state index is 2.44. The van der Waals surface area contributed by atoms with Crippen molar-refractivity contribution in [1.29, 1.82) is 0 Å². The van der Waals surface area contributed by atoms with E-state index in [1.165, 1.54) is 88.1 Å². The molecule has 2 nitrogen and oxygen atoms in total. The molecule has 0 spiro atoms. The number of nitrogens with zero attached hydrogens (tertiary/aromatic N) is 2. The van der Waals surface area contributed by atoms with Gasteiger partial charge in [0.1, 0.15) is 0 Å². The third-order valence-corrected chi connectivity index (χ3v) is 11.3. The minimum atomic E-state index is 1.15. The monoisotopic (exact) mass is 712 g/mol. The van der Waals surface area contributed by atoms with Gasteiger partial charge in [0.15, 0.2) is 0 Å². The van der Waals surface area contributed by atoms with Gasteiger partial charge in [0, 0.05) is 32.9 Å². The predicted molar refractivity (Wildman–Crippen MR) is 237 cm³/mol. The third kappa shape index (κ3) is 5.26. The van der Waals surface area contributed by atoms with Gasteiger partial charge >= 0.3 is 0 Å². The quantitative estimate of drug-likeness (QED) is 0.162. The number of fused-ring (bicyclic) bond motifs is 7. The van der Waals surface area contributed by atoms with Crippen LogP contribution in [-0.4, -0.2) is 9.13 Å². The van der Waals surface area contributed by atoms with Gasteiger partial charge in [-0.15, -0.1) is 0 Å². The fourth-order valence-electron chi connectivity index (χ4n) is 8.70. The predicted octanol–water partition coefficient (Wildman–Crippen LogP) is 14.5. The van der Waals surface area contributed by atoms with Crippen molar-refractivity contribution in [2.24, 2.45) is 0 Å². The van der Waals surface area contributed by atoms with E-state index in [2.05, 4.69) is 228 Å². The number of hydrogen-bond acceptors (Lipinski definition) is 0. The number of hydrogen-bond donors (Lipinski definition) is 0. The topological polar surface area (TPSA) is 9.86 Å². The molecular formula is C54H36N2. The SMILES string of the molecule is c1ccc(-c2ccc(-c3cccc(-n4c5ccccc5c5c6c7ccccc7n(-c7ccc(-c8cccc(-c9ccccc9)c8)cc7)c6ccc54)c3)cc2)cc1. The van der Waals surface area contributed by atoms with Gasteiger partial charge in [-0.05, 0) is 99.1 Å². The molecule has 11 rings (SSSR count). The Morgan fingerprint density at radius 3 is 1.14 bits per heavy atom. The summed E-state index contributed by atoms with van der Waals surface area (Å²) < 4.78 is 4.87. The van der Waals surface area contributed by atoms with Crippen LogP contribution in [0.2, 0.25) is 0 Å². The van der Waals surface area contributed by atoms with Crippen LogP contribution < -0.4 is 0 Å². The van der Waals surface area contributed by atoms with E-state index in [0.717, 1.165) is 11.4 Å². The molecule has 0 N–H and O–H groups in total. The average Bonchev–Trinajstić information content (AvgIpc) is 3.80. The fourth-order valence-corrected chi connectivity index (χ4v) is 8.70. The Labute approximate surface area is 325 Å². The lowest BCUT2D eigenvalue weighted by Crippen LogP contribution is -1.95. The van der Waals surface area contributed by atoms with E-state index >= 15 is 0 Å². The first kappa shape index (κ1) is 32.0. The van der Waals surface area contributed by atoms with Crippen LogP contribution in [0, 0.1) is 0 Å². The van der Waals surface area contributed by atoms with Crippen molar-refractivity contribution >= 4 is 43.6 Å². The van der Waals surface area contributed by atoms with Crippen molar-refractivity contribution in [3.63, 3.8) is 0 Å². The van der Waals surface area contributed by atoms with E-state index in [0.29, 0.717) is 0 Å². The number of para-hydroxylation sites is 2. The second kappa shape index (κ2) is 13.2. The van der Waals surface area contributed by atoms with Crippen molar-refractivity contribution < 1.29 is 0 Å². The Balaban J connectivity index is 1.04. The molecule has 11 aromatic rings. The van der Waals surface area contributed by atoms with Crippen LogP contribution in [0.25, 0.3) is 99.5 Å². The van der Waals surface area contributed by atoms with E-state index < -0.39 is 0 Å². The molecule has 0 radical (unpaired) electrons. The van der Waals surface area contributed by atoms with Crippen LogP contribution >= 0.6 is 0 Å². The molecule has 0 amide bonds. The molecular weight excluding hydrogens is 677 g/mol. The van der Waals surface area contributed by atoms with Gasteiger partial charge in [-0.1, -0.05) is 164 Å². The minimum absolute atomic E-state index is 1.15. The van der Waals surface area contributed by atoms with E-state index in [-0.39, 0.29) is 0 Å². The molecule has 0 atom stereocenters. The lowest BCUT2D eigenvalue weighted by molar-refractivity contribution is 1.17. The van der Waals surface area contributed by atoms with Crippen LogP contribution in [-0.2, 0) is 0 Å². The summed E-state index contributed by atoms with van der Waals surface area (Å²) in [6.07, 6.45) is 0. The summed E-state index contributed by atoms with van der Waals surface area (Å²) in [5.74, 6) is 0. The molecule has 262 valence electrons. The highest BCUT2D eigenvalue weighted by atomic mass is 15.0. The lowest BCUT2D eigenvalue weighted by atomic mass is 9.99. The van der Waals surface area contributed by atoms with Crippen LogP contribution in [0.15, 0.2) is 218 Å². The van der Waals surface area contributed by atoms with Crippen LogP contribution in [0.5, 0.6) is 0 Å². The maximum Gasteiger partial charge on any atom is 0.0548 e. The molecule has 0 saturated heterocycles. The van der Waals surface area contributed by atoms with E-state index in [9.17, 15) is 0 Å².